The number of halogens is 1. The zero-order valence-corrected chi connectivity index (χ0v) is 21.3. The highest BCUT2D eigenvalue weighted by atomic mass is 79.9. The van der Waals surface area contributed by atoms with Crippen LogP contribution in [-0.2, 0) is 9.53 Å². The number of ether oxygens (including phenoxy) is 1. The van der Waals surface area contributed by atoms with Gasteiger partial charge in [0.25, 0.3) is 5.56 Å². The van der Waals surface area contributed by atoms with E-state index in [0.29, 0.717) is 20.6 Å². The largest absolute Gasteiger partial charge is 0.463 e. The van der Waals surface area contributed by atoms with Crippen molar-refractivity contribution in [1.29, 1.82) is 0 Å². The number of hydrogen-bond acceptors (Lipinski definition) is 5. The molecule has 0 saturated carbocycles. The molecule has 2 heterocycles. The van der Waals surface area contributed by atoms with Crippen molar-refractivity contribution in [3.63, 3.8) is 0 Å². The van der Waals surface area contributed by atoms with Crippen LogP contribution in [0, 0.1) is 0 Å². The summed E-state index contributed by atoms with van der Waals surface area (Å²) in [6.45, 7) is 1.99. The van der Waals surface area contributed by atoms with Crippen molar-refractivity contribution in [3.8, 4) is 0 Å². The molecule has 1 aliphatic heterocycles. The van der Waals surface area contributed by atoms with Crippen LogP contribution in [0.1, 0.15) is 29.7 Å². The molecule has 1 aromatic heterocycles. The van der Waals surface area contributed by atoms with E-state index in [-0.39, 0.29) is 12.2 Å². The summed E-state index contributed by atoms with van der Waals surface area (Å²) in [5.41, 5.74) is 3.19. The lowest BCUT2D eigenvalue weighted by Crippen LogP contribution is -2.39. The van der Waals surface area contributed by atoms with E-state index in [4.69, 9.17) is 9.73 Å². The molecule has 0 amide bonds. The van der Waals surface area contributed by atoms with Crippen LogP contribution in [0.2, 0.25) is 0 Å². The van der Waals surface area contributed by atoms with Crippen molar-refractivity contribution in [1.82, 2.24) is 4.57 Å². The van der Waals surface area contributed by atoms with Crippen LogP contribution in [0.3, 0.4) is 0 Å². The van der Waals surface area contributed by atoms with Gasteiger partial charge in [-0.25, -0.2) is 9.79 Å². The predicted octanol–water partition coefficient (Wildman–Crippen LogP) is 4.70. The number of hydrogen-bond donors (Lipinski definition) is 0. The summed E-state index contributed by atoms with van der Waals surface area (Å²) < 4.78 is 8.60. The Kier molecular flexibility index (Phi) is 6.61. The molecular formula is C28H21BrN2O3S. The third kappa shape index (κ3) is 4.57. The zero-order chi connectivity index (χ0) is 24.4. The number of carbonyl (C=O) groups excluding carboxylic acids is 1. The monoisotopic (exact) mass is 544 g/mol. The molecule has 0 saturated heterocycles. The molecule has 5 rings (SSSR count). The minimum absolute atomic E-state index is 0.195. The average Bonchev–Trinajstić information content (AvgIpc) is 3.20. The Labute approximate surface area is 214 Å². The molecule has 0 bridgehead atoms. The lowest BCUT2D eigenvalue weighted by Gasteiger charge is -2.25. The molecule has 174 valence electrons. The van der Waals surface area contributed by atoms with E-state index in [0.717, 1.165) is 21.2 Å². The molecule has 35 heavy (non-hydrogen) atoms. The molecule has 0 fully saturated rings. The maximum Gasteiger partial charge on any atom is 0.338 e. The molecule has 5 nitrogen and oxygen atoms in total. The van der Waals surface area contributed by atoms with Crippen molar-refractivity contribution in [2.24, 2.45) is 4.99 Å². The molecule has 1 unspecified atom stereocenters. The van der Waals surface area contributed by atoms with Gasteiger partial charge >= 0.3 is 5.97 Å². The van der Waals surface area contributed by atoms with Crippen molar-refractivity contribution in [2.75, 3.05) is 6.61 Å². The first-order valence-electron chi connectivity index (χ1n) is 11.2. The summed E-state index contributed by atoms with van der Waals surface area (Å²) in [4.78, 5) is 32.5. The second-order valence-corrected chi connectivity index (χ2v) is 9.82. The van der Waals surface area contributed by atoms with Gasteiger partial charge in [-0.15, -0.1) is 0 Å². The smallest absolute Gasteiger partial charge is 0.338 e. The van der Waals surface area contributed by atoms with Gasteiger partial charge in [-0.05, 0) is 36.3 Å². The van der Waals surface area contributed by atoms with Crippen molar-refractivity contribution in [3.05, 3.63) is 131 Å². The standard InChI is InChI=1S/C28H21BrN2O3S/c1-2-34-27(33)23-24(19-9-5-3-6-10-19)30-28-31(25(23)20-11-7-4-8-12-20)26(32)22(35-28)17-18-13-15-21(29)16-14-18/h3-17,25H,2H2,1H3/b22-17+. The molecule has 0 radical (unpaired) electrons. The predicted molar refractivity (Wildman–Crippen MR) is 142 cm³/mol. The lowest BCUT2D eigenvalue weighted by atomic mass is 9.93. The number of esters is 1. The van der Waals surface area contributed by atoms with Crippen LogP contribution in [0.25, 0.3) is 11.8 Å². The number of aromatic nitrogens is 1. The minimum Gasteiger partial charge on any atom is -0.463 e. The molecule has 0 aliphatic carbocycles. The van der Waals surface area contributed by atoms with Crippen molar-refractivity contribution in [2.45, 2.75) is 13.0 Å². The second-order valence-electron chi connectivity index (χ2n) is 7.89. The lowest BCUT2D eigenvalue weighted by molar-refractivity contribution is -0.138. The van der Waals surface area contributed by atoms with Crippen LogP contribution in [0.4, 0.5) is 0 Å². The van der Waals surface area contributed by atoms with E-state index in [2.05, 4.69) is 15.9 Å². The van der Waals surface area contributed by atoms with Crippen LogP contribution < -0.4 is 14.9 Å². The Bertz CT molecular complexity index is 1590. The number of thiazole rings is 1. The van der Waals surface area contributed by atoms with Gasteiger partial charge in [0, 0.05) is 10.0 Å². The molecule has 0 spiro atoms. The summed E-state index contributed by atoms with van der Waals surface area (Å²) >= 11 is 4.76. The van der Waals surface area contributed by atoms with Gasteiger partial charge in [0.05, 0.1) is 28.5 Å². The Morgan fingerprint density at radius 1 is 1.03 bits per heavy atom. The maximum absolute atomic E-state index is 13.7. The Morgan fingerprint density at radius 2 is 1.69 bits per heavy atom. The number of rotatable bonds is 5. The van der Waals surface area contributed by atoms with Crippen LogP contribution in [0.15, 0.2) is 105 Å². The second kappa shape index (κ2) is 9.98. The zero-order valence-electron chi connectivity index (χ0n) is 18.9. The van der Waals surface area contributed by atoms with E-state index >= 15 is 0 Å². The fourth-order valence-electron chi connectivity index (χ4n) is 4.10. The van der Waals surface area contributed by atoms with E-state index < -0.39 is 12.0 Å². The number of benzene rings is 3. The van der Waals surface area contributed by atoms with Gasteiger partial charge in [-0.3, -0.25) is 9.36 Å². The third-order valence-corrected chi connectivity index (χ3v) is 7.17. The van der Waals surface area contributed by atoms with Gasteiger partial charge in [-0.2, -0.15) is 0 Å². The van der Waals surface area contributed by atoms with Gasteiger partial charge in [-0.1, -0.05) is 100 Å². The Balaban J connectivity index is 1.82. The first-order valence-corrected chi connectivity index (χ1v) is 12.8. The van der Waals surface area contributed by atoms with Gasteiger partial charge in [0.15, 0.2) is 4.80 Å². The van der Waals surface area contributed by atoms with Crippen molar-refractivity contribution < 1.29 is 9.53 Å². The number of fused-ring (bicyclic) bond motifs is 1. The quantitative estimate of drug-likeness (QED) is 0.342. The SMILES string of the molecule is CCOC(=O)C1=C(c2ccccc2)N=c2s/c(=C/c3ccc(Br)cc3)c(=O)n2C1c1ccccc1. The number of nitrogens with zero attached hydrogens (tertiary/aromatic N) is 2. The topological polar surface area (TPSA) is 60.7 Å². The third-order valence-electron chi connectivity index (χ3n) is 5.66. The van der Waals surface area contributed by atoms with Gasteiger partial charge < -0.3 is 4.74 Å². The summed E-state index contributed by atoms with van der Waals surface area (Å²) in [6, 6.07) is 26.2. The number of carbonyl (C=O) groups is 1. The summed E-state index contributed by atoms with van der Waals surface area (Å²) in [5.74, 6) is -0.480. The molecule has 4 aromatic rings. The molecule has 0 N–H and O–H groups in total. The normalized spacial score (nSPS) is 15.5. The van der Waals surface area contributed by atoms with Crippen LogP contribution >= 0.6 is 27.3 Å². The first kappa shape index (κ1) is 23.2. The Hall–Kier alpha value is -3.55. The maximum atomic E-state index is 13.7. The fourth-order valence-corrected chi connectivity index (χ4v) is 5.37. The summed E-state index contributed by atoms with van der Waals surface area (Å²) in [7, 11) is 0. The molecule has 3 aromatic carbocycles. The summed E-state index contributed by atoms with van der Waals surface area (Å²) in [5, 5.41) is 0. The highest BCUT2D eigenvalue weighted by molar-refractivity contribution is 9.10. The Morgan fingerprint density at radius 3 is 2.34 bits per heavy atom. The fraction of sp³-hybridized carbons (Fsp3) is 0.107. The van der Waals surface area contributed by atoms with Gasteiger partial charge in [0.2, 0.25) is 0 Å². The van der Waals surface area contributed by atoms with Crippen LogP contribution in [-0.4, -0.2) is 17.1 Å². The molecule has 1 atom stereocenters. The van der Waals surface area contributed by atoms with E-state index in [1.165, 1.54) is 11.3 Å². The van der Waals surface area contributed by atoms with Gasteiger partial charge in [0.1, 0.15) is 0 Å². The highest BCUT2D eigenvalue weighted by Crippen LogP contribution is 2.35. The minimum atomic E-state index is -0.659. The summed E-state index contributed by atoms with van der Waals surface area (Å²) in [6.07, 6.45) is 1.86. The van der Waals surface area contributed by atoms with Crippen molar-refractivity contribution >= 4 is 45.0 Å². The highest BCUT2D eigenvalue weighted by Gasteiger charge is 2.35. The van der Waals surface area contributed by atoms with E-state index in [1.54, 1.807) is 11.5 Å². The molecule has 7 heteroatoms. The van der Waals surface area contributed by atoms with E-state index in [1.807, 2.05) is 91.0 Å². The molecule has 1 aliphatic rings. The van der Waals surface area contributed by atoms with Crippen LogP contribution in [0.5, 0.6) is 0 Å². The average molecular weight is 545 g/mol. The first-order chi connectivity index (χ1) is 17.1. The van der Waals surface area contributed by atoms with E-state index in [9.17, 15) is 9.59 Å². The molecular weight excluding hydrogens is 524 g/mol.